The molecule has 0 aliphatic carbocycles. The summed E-state index contributed by atoms with van der Waals surface area (Å²) in [4.78, 5) is 0.0293. The van der Waals surface area contributed by atoms with Gasteiger partial charge in [0.15, 0.2) is 0 Å². The van der Waals surface area contributed by atoms with Crippen LogP contribution in [-0.2, 0) is 10.0 Å². The van der Waals surface area contributed by atoms with Crippen molar-refractivity contribution in [1.29, 1.82) is 10.5 Å². The molecular weight excluding hydrogens is 238 g/mol. The Morgan fingerprint density at radius 2 is 2.12 bits per heavy atom. The minimum Gasteiger partial charge on any atom is -0.210 e. The normalized spacial score (nSPS) is 12.4. The topological polar surface area (TPSA) is 93.8 Å². The lowest BCUT2D eigenvalue weighted by molar-refractivity contribution is 0.573. The molecule has 0 spiro atoms. The molecule has 0 aliphatic rings. The van der Waals surface area contributed by atoms with Crippen molar-refractivity contribution in [2.45, 2.75) is 11.8 Å². The van der Waals surface area contributed by atoms with Gasteiger partial charge in [0, 0.05) is 6.54 Å². The summed E-state index contributed by atoms with van der Waals surface area (Å²) < 4.78 is 25.9. The Morgan fingerprint density at radius 3 is 2.71 bits per heavy atom. The molecule has 1 aromatic rings. The van der Waals surface area contributed by atoms with Gasteiger partial charge < -0.3 is 0 Å². The summed E-state index contributed by atoms with van der Waals surface area (Å²) in [6, 6.07) is 9.52. The lowest BCUT2D eigenvalue weighted by Gasteiger charge is -2.07. The van der Waals surface area contributed by atoms with Crippen molar-refractivity contribution in [2.75, 3.05) is 6.54 Å². The smallest absolute Gasteiger partial charge is 0.210 e. The second kappa shape index (κ2) is 5.44. The van der Waals surface area contributed by atoms with Gasteiger partial charge in [-0.25, -0.2) is 13.1 Å². The van der Waals surface area contributed by atoms with Gasteiger partial charge in [0.05, 0.1) is 28.5 Å². The summed E-state index contributed by atoms with van der Waals surface area (Å²) in [5, 5.41) is 17.2. The number of nitrogens with one attached hydrogen (secondary N) is 1. The highest BCUT2D eigenvalue weighted by Gasteiger charge is 2.15. The molecule has 6 heteroatoms. The lowest BCUT2D eigenvalue weighted by atomic mass is 10.2. The van der Waals surface area contributed by atoms with Crippen molar-refractivity contribution >= 4 is 10.0 Å². The van der Waals surface area contributed by atoms with Crippen LogP contribution in [0.25, 0.3) is 0 Å². The Bertz CT molecular complexity index is 581. The third-order valence-electron chi connectivity index (χ3n) is 2.07. The Morgan fingerprint density at radius 1 is 1.41 bits per heavy atom. The zero-order valence-electron chi connectivity index (χ0n) is 9.21. The molecule has 1 N–H and O–H groups in total. The molecule has 0 heterocycles. The largest absolute Gasteiger partial charge is 0.240 e. The lowest BCUT2D eigenvalue weighted by Crippen LogP contribution is -2.28. The Hall–Kier alpha value is -1.89. The van der Waals surface area contributed by atoms with Gasteiger partial charge in [0.1, 0.15) is 0 Å². The van der Waals surface area contributed by atoms with E-state index < -0.39 is 15.9 Å². The number of benzene rings is 1. The van der Waals surface area contributed by atoms with Gasteiger partial charge in [-0.05, 0) is 25.1 Å². The number of rotatable bonds is 4. The molecule has 1 unspecified atom stereocenters. The van der Waals surface area contributed by atoms with E-state index in [0.29, 0.717) is 0 Å². The van der Waals surface area contributed by atoms with E-state index in [1.165, 1.54) is 24.3 Å². The number of sulfonamides is 1. The first kappa shape index (κ1) is 13.2. The maximum Gasteiger partial charge on any atom is 0.240 e. The predicted octanol–water partition coefficient (Wildman–Crippen LogP) is 0.996. The van der Waals surface area contributed by atoms with Crippen LogP contribution in [0.1, 0.15) is 12.5 Å². The van der Waals surface area contributed by atoms with Crippen molar-refractivity contribution in [3.63, 3.8) is 0 Å². The zero-order chi connectivity index (χ0) is 12.9. The molecule has 0 amide bonds. The fourth-order valence-corrected chi connectivity index (χ4v) is 2.27. The quantitative estimate of drug-likeness (QED) is 0.861. The summed E-state index contributed by atoms with van der Waals surface area (Å²) in [7, 11) is -3.65. The van der Waals surface area contributed by atoms with Crippen molar-refractivity contribution in [2.24, 2.45) is 5.92 Å². The zero-order valence-corrected chi connectivity index (χ0v) is 10.0. The average Bonchev–Trinajstić information content (AvgIpc) is 2.36. The van der Waals surface area contributed by atoms with Crippen molar-refractivity contribution < 1.29 is 8.42 Å². The van der Waals surface area contributed by atoms with Crippen molar-refractivity contribution in [3.05, 3.63) is 29.8 Å². The maximum absolute atomic E-state index is 11.8. The van der Waals surface area contributed by atoms with E-state index in [9.17, 15) is 8.42 Å². The molecule has 0 radical (unpaired) electrons. The van der Waals surface area contributed by atoms with E-state index in [4.69, 9.17) is 10.5 Å². The van der Waals surface area contributed by atoms with E-state index in [1.807, 2.05) is 12.1 Å². The molecule has 1 aromatic carbocycles. The summed E-state index contributed by atoms with van der Waals surface area (Å²) in [5.74, 6) is -0.399. The minimum absolute atomic E-state index is 0.0293. The highest BCUT2D eigenvalue weighted by molar-refractivity contribution is 7.89. The molecule has 88 valence electrons. The van der Waals surface area contributed by atoms with Gasteiger partial charge in [-0.3, -0.25) is 0 Å². The van der Waals surface area contributed by atoms with Gasteiger partial charge in [-0.2, -0.15) is 10.5 Å². The van der Waals surface area contributed by atoms with E-state index in [0.717, 1.165) is 0 Å². The van der Waals surface area contributed by atoms with E-state index in [1.54, 1.807) is 6.92 Å². The van der Waals surface area contributed by atoms with E-state index in [2.05, 4.69) is 4.72 Å². The standard InChI is InChI=1S/C11H11N3O2S/c1-9(6-12)8-14-17(15,16)11-4-2-3-10(5-11)7-13/h2-5,9,14H,8H2,1H3. The molecule has 17 heavy (non-hydrogen) atoms. The number of hydrogen-bond donors (Lipinski definition) is 1. The molecule has 5 nitrogen and oxygen atoms in total. The third-order valence-corrected chi connectivity index (χ3v) is 3.49. The van der Waals surface area contributed by atoms with Crippen molar-refractivity contribution in [3.8, 4) is 12.1 Å². The maximum atomic E-state index is 11.8. The molecule has 0 saturated carbocycles. The predicted molar refractivity (Wildman–Crippen MR) is 61.1 cm³/mol. The summed E-state index contributed by atoms with van der Waals surface area (Å²) in [6.07, 6.45) is 0. The third kappa shape index (κ3) is 3.56. The number of nitrogens with zero attached hydrogens (tertiary/aromatic N) is 2. The fourth-order valence-electron chi connectivity index (χ4n) is 1.10. The van der Waals surface area contributed by atoms with Crippen LogP contribution in [0.15, 0.2) is 29.2 Å². The minimum atomic E-state index is -3.65. The van der Waals surface area contributed by atoms with Gasteiger partial charge in [-0.1, -0.05) is 6.07 Å². The molecule has 0 aliphatic heterocycles. The summed E-state index contributed by atoms with van der Waals surface area (Å²) in [6.45, 7) is 1.67. The van der Waals surface area contributed by atoms with Gasteiger partial charge in [0.2, 0.25) is 10.0 Å². The summed E-state index contributed by atoms with van der Waals surface area (Å²) >= 11 is 0. The first-order valence-electron chi connectivity index (χ1n) is 4.89. The first-order chi connectivity index (χ1) is 7.99. The Labute approximate surface area is 100 Å². The van der Waals surface area contributed by atoms with E-state index >= 15 is 0 Å². The number of hydrogen-bond acceptors (Lipinski definition) is 4. The van der Waals surface area contributed by atoms with Crippen LogP contribution in [0, 0.1) is 28.6 Å². The Balaban J connectivity index is 2.91. The number of nitriles is 2. The first-order valence-corrected chi connectivity index (χ1v) is 6.37. The molecule has 0 aromatic heterocycles. The average molecular weight is 249 g/mol. The SMILES string of the molecule is CC(C#N)CNS(=O)(=O)c1cccc(C#N)c1. The summed E-state index contributed by atoms with van der Waals surface area (Å²) in [5.41, 5.74) is 0.279. The van der Waals surface area contributed by atoms with Crippen molar-refractivity contribution in [1.82, 2.24) is 4.72 Å². The Kier molecular flexibility index (Phi) is 4.22. The highest BCUT2D eigenvalue weighted by atomic mass is 32.2. The second-order valence-corrected chi connectivity index (χ2v) is 5.29. The van der Waals surface area contributed by atoms with Crippen LogP contribution in [0.5, 0.6) is 0 Å². The van der Waals surface area contributed by atoms with Crippen LogP contribution in [0.4, 0.5) is 0 Å². The fraction of sp³-hybridized carbons (Fsp3) is 0.273. The van der Waals surface area contributed by atoms with Crippen LogP contribution in [0.2, 0.25) is 0 Å². The van der Waals surface area contributed by atoms with Crippen LogP contribution in [0.3, 0.4) is 0 Å². The molecule has 0 bridgehead atoms. The van der Waals surface area contributed by atoms with Crippen LogP contribution < -0.4 is 4.72 Å². The molecule has 0 fully saturated rings. The highest BCUT2D eigenvalue weighted by Crippen LogP contribution is 2.10. The van der Waals surface area contributed by atoms with E-state index in [-0.39, 0.29) is 17.0 Å². The second-order valence-electron chi connectivity index (χ2n) is 3.52. The molecule has 0 saturated heterocycles. The monoisotopic (exact) mass is 249 g/mol. The molecule has 1 atom stereocenters. The molecular formula is C11H11N3O2S. The van der Waals surface area contributed by atoms with Gasteiger partial charge >= 0.3 is 0 Å². The van der Waals surface area contributed by atoms with Crippen LogP contribution >= 0.6 is 0 Å². The van der Waals surface area contributed by atoms with Crippen LogP contribution in [-0.4, -0.2) is 15.0 Å². The van der Waals surface area contributed by atoms with Gasteiger partial charge in [0.25, 0.3) is 0 Å². The van der Waals surface area contributed by atoms with Gasteiger partial charge in [-0.15, -0.1) is 0 Å². The molecule has 1 rings (SSSR count).